The van der Waals surface area contributed by atoms with Crippen molar-refractivity contribution < 1.29 is 34.2 Å². The Morgan fingerprint density at radius 3 is 2.11 bits per heavy atom. The molecule has 2 aromatic carbocycles. The molecule has 0 heterocycles. The third-order valence-electron chi connectivity index (χ3n) is 5.16. The van der Waals surface area contributed by atoms with E-state index in [1.54, 1.807) is 54.6 Å². The number of nitrogens with zero attached hydrogens (tertiary/aromatic N) is 1. The average Bonchev–Trinajstić information content (AvgIpc) is 2.83. The van der Waals surface area contributed by atoms with E-state index < -0.39 is 42.3 Å². The maximum Gasteiger partial charge on any atom is 0.326 e. The number of carbonyl (C=O) groups is 5. The van der Waals surface area contributed by atoms with Gasteiger partial charge < -0.3 is 26.7 Å². The highest BCUT2D eigenvalue weighted by atomic mass is 16.4. The van der Waals surface area contributed by atoms with Crippen LogP contribution in [0, 0.1) is 0 Å². The molecule has 0 saturated heterocycles. The maximum atomic E-state index is 12.6. The third-order valence-corrected chi connectivity index (χ3v) is 5.16. The molecule has 6 N–H and O–H groups in total. The van der Waals surface area contributed by atoms with Crippen molar-refractivity contribution in [1.82, 2.24) is 10.6 Å². The number of hydrazone groups is 1. The van der Waals surface area contributed by atoms with Gasteiger partial charge in [-0.05, 0) is 16.7 Å². The summed E-state index contributed by atoms with van der Waals surface area (Å²) in [5.74, 6) is 0.561. The second-order valence-corrected chi connectivity index (χ2v) is 8.04. The Bertz CT molecular complexity index is 1100. The van der Waals surface area contributed by atoms with Crippen LogP contribution in [0.3, 0.4) is 0 Å². The van der Waals surface area contributed by atoms with E-state index in [2.05, 4.69) is 15.7 Å². The van der Waals surface area contributed by atoms with Crippen LogP contribution in [-0.4, -0.2) is 58.0 Å². The van der Waals surface area contributed by atoms with E-state index in [4.69, 9.17) is 10.9 Å². The third kappa shape index (κ3) is 9.75. The monoisotopic (exact) mass is 496 g/mol. The summed E-state index contributed by atoms with van der Waals surface area (Å²) in [7, 11) is 0. The lowest BCUT2D eigenvalue weighted by Gasteiger charge is -2.20. The molecule has 0 saturated carbocycles. The van der Waals surface area contributed by atoms with Crippen LogP contribution in [0.2, 0.25) is 0 Å². The molecule has 0 aliphatic heterocycles. The van der Waals surface area contributed by atoms with Crippen LogP contribution < -0.4 is 16.5 Å². The minimum Gasteiger partial charge on any atom is -0.481 e. The first-order chi connectivity index (χ1) is 17.2. The fraction of sp³-hybridized carbons (Fsp3) is 0.280. The highest BCUT2D eigenvalue weighted by Crippen LogP contribution is 2.08. The summed E-state index contributed by atoms with van der Waals surface area (Å²) in [5.41, 5.74) is 2.16. The predicted molar refractivity (Wildman–Crippen MR) is 130 cm³/mol. The summed E-state index contributed by atoms with van der Waals surface area (Å²) in [5, 5.41) is 26.6. The van der Waals surface area contributed by atoms with Gasteiger partial charge in [0.15, 0.2) is 0 Å². The summed E-state index contributed by atoms with van der Waals surface area (Å²) < 4.78 is 0. The van der Waals surface area contributed by atoms with E-state index in [1.165, 1.54) is 6.21 Å². The smallest absolute Gasteiger partial charge is 0.326 e. The van der Waals surface area contributed by atoms with Gasteiger partial charge in [0.05, 0.1) is 12.6 Å². The van der Waals surface area contributed by atoms with Crippen molar-refractivity contribution in [1.29, 1.82) is 0 Å². The van der Waals surface area contributed by atoms with Crippen LogP contribution in [0.4, 0.5) is 0 Å². The molecular formula is C25H28N4O7. The van der Waals surface area contributed by atoms with Gasteiger partial charge in [-0.1, -0.05) is 54.6 Å². The Kier molecular flexibility index (Phi) is 10.8. The zero-order chi connectivity index (χ0) is 26.5. The number of carboxylic acids is 2. The SMILES string of the molecule is NN=Cc1ccc(CC(=O)CCC(=O)N[C@@H](CC(=O)O)C(=O)N[C@@H](Cc2ccccc2)C(=O)O)cc1. The van der Waals surface area contributed by atoms with Crippen LogP contribution >= 0.6 is 0 Å². The number of ketones is 1. The maximum absolute atomic E-state index is 12.6. The van der Waals surface area contributed by atoms with Crippen molar-refractivity contribution in [3.63, 3.8) is 0 Å². The lowest BCUT2D eigenvalue weighted by atomic mass is 10.0. The number of rotatable bonds is 14. The number of aliphatic carboxylic acids is 2. The fourth-order valence-corrected chi connectivity index (χ4v) is 3.35. The van der Waals surface area contributed by atoms with Crippen molar-refractivity contribution in [2.75, 3.05) is 0 Å². The molecule has 0 radical (unpaired) electrons. The lowest BCUT2D eigenvalue weighted by Crippen LogP contribution is -2.52. The molecule has 2 amide bonds. The van der Waals surface area contributed by atoms with E-state index in [1.807, 2.05) is 0 Å². The van der Waals surface area contributed by atoms with Gasteiger partial charge in [-0.25, -0.2) is 4.79 Å². The van der Waals surface area contributed by atoms with Crippen molar-refractivity contribution in [2.24, 2.45) is 10.9 Å². The molecule has 36 heavy (non-hydrogen) atoms. The molecule has 190 valence electrons. The Balaban J connectivity index is 1.92. The number of carbonyl (C=O) groups excluding carboxylic acids is 3. The molecule has 0 fully saturated rings. The minimum absolute atomic E-state index is 0.0237. The number of hydrogen-bond donors (Lipinski definition) is 5. The molecule has 2 atom stereocenters. The van der Waals surface area contributed by atoms with E-state index in [0.717, 1.165) is 11.1 Å². The Labute approximate surface area is 207 Å². The first-order valence-corrected chi connectivity index (χ1v) is 11.1. The fourth-order valence-electron chi connectivity index (χ4n) is 3.35. The van der Waals surface area contributed by atoms with E-state index >= 15 is 0 Å². The van der Waals surface area contributed by atoms with Crippen molar-refractivity contribution in [2.45, 2.75) is 44.2 Å². The van der Waals surface area contributed by atoms with Crippen LogP contribution in [0.15, 0.2) is 59.7 Å². The van der Waals surface area contributed by atoms with Crippen molar-refractivity contribution in [3.05, 3.63) is 71.3 Å². The Morgan fingerprint density at radius 2 is 1.53 bits per heavy atom. The second-order valence-electron chi connectivity index (χ2n) is 8.04. The molecule has 11 heteroatoms. The van der Waals surface area contributed by atoms with Crippen molar-refractivity contribution >= 4 is 35.8 Å². The quantitative estimate of drug-likeness (QED) is 0.143. The molecule has 2 aromatic rings. The molecule has 0 unspecified atom stereocenters. The molecular weight excluding hydrogens is 468 g/mol. The van der Waals surface area contributed by atoms with E-state index in [9.17, 15) is 29.1 Å². The average molecular weight is 497 g/mol. The zero-order valence-electron chi connectivity index (χ0n) is 19.4. The largest absolute Gasteiger partial charge is 0.481 e. The van der Waals surface area contributed by atoms with Crippen LogP contribution in [0.5, 0.6) is 0 Å². The first kappa shape index (κ1) is 27.7. The molecule has 0 bridgehead atoms. The molecule has 2 rings (SSSR count). The number of hydrogen-bond acceptors (Lipinski definition) is 7. The molecule has 11 nitrogen and oxygen atoms in total. The Hall–Kier alpha value is -4.54. The topological polar surface area (TPSA) is 188 Å². The predicted octanol–water partition coefficient (Wildman–Crippen LogP) is 0.643. The van der Waals surface area contributed by atoms with Crippen LogP contribution in [-0.2, 0) is 36.8 Å². The normalized spacial score (nSPS) is 12.4. The number of amides is 2. The molecule has 0 aromatic heterocycles. The summed E-state index contributed by atoms with van der Waals surface area (Å²) in [6.07, 6.45) is 0.398. The van der Waals surface area contributed by atoms with E-state index in [0.29, 0.717) is 5.56 Å². The minimum atomic E-state index is -1.50. The summed E-state index contributed by atoms with van der Waals surface area (Å²) in [6.45, 7) is 0. The highest BCUT2D eigenvalue weighted by Gasteiger charge is 2.28. The Morgan fingerprint density at radius 1 is 0.861 bits per heavy atom. The first-order valence-electron chi connectivity index (χ1n) is 11.1. The molecule has 0 aliphatic rings. The van der Waals surface area contributed by atoms with Gasteiger partial charge in [0.2, 0.25) is 11.8 Å². The number of nitrogens with two attached hydrogens (primary N) is 1. The lowest BCUT2D eigenvalue weighted by molar-refractivity contribution is -0.143. The molecule has 0 aliphatic carbocycles. The zero-order valence-corrected chi connectivity index (χ0v) is 19.4. The number of benzene rings is 2. The van der Waals surface area contributed by atoms with Gasteiger partial charge in [-0.2, -0.15) is 5.10 Å². The van der Waals surface area contributed by atoms with Gasteiger partial charge in [-0.3, -0.25) is 19.2 Å². The van der Waals surface area contributed by atoms with Gasteiger partial charge in [0, 0.05) is 25.7 Å². The van der Waals surface area contributed by atoms with Gasteiger partial charge >= 0.3 is 11.9 Å². The summed E-state index contributed by atoms with van der Waals surface area (Å²) in [6, 6.07) is 12.7. The van der Waals surface area contributed by atoms with Crippen molar-refractivity contribution in [3.8, 4) is 0 Å². The van der Waals surface area contributed by atoms with Gasteiger partial charge in [0.25, 0.3) is 0 Å². The van der Waals surface area contributed by atoms with Gasteiger partial charge in [-0.15, -0.1) is 0 Å². The number of Topliss-reactive ketones (excluding diaryl/α,β-unsaturated/α-hetero) is 1. The standard InChI is InChI=1S/C25H28N4O7/c26-27-15-18-8-6-17(7-9-18)12-19(30)10-11-22(31)28-20(14-23(32)33)24(34)29-21(25(35)36)13-16-4-2-1-3-5-16/h1-9,15,20-21H,10-14,26H2,(H,28,31)(H,29,34)(H,32,33)(H,35,36)/t20-,21-/m0/s1. The van der Waals surface area contributed by atoms with Crippen LogP contribution in [0.1, 0.15) is 36.0 Å². The van der Waals surface area contributed by atoms with Gasteiger partial charge in [0.1, 0.15) is 17.9 Å². The second kappa shape index (κ2) is 14.0. The summed E-state index contributed by atoms with van der Waals surface area (Å²) >= 11 is 0. The van der Waals surface area contributed by atoms with E-state index in [-0.39, 0.29) is 31.5 Å². The number of carboxylic acid groups (broad SMARTS) is 2. The summed E-state index contributed by atoms with van der Waals surface area (Å²) in [4.78, 5) is 60.1. The van der Waals surface area contributed by atoms with Crippen LogP contribution in [0.25, 0.3) is 0 Å². The number of nitrogens with one attached hydrogen (secondary N) is 2. The highest BCUT2D eigenvalue weighted by molar-refractivity contribution is 5.94. The molecule has 0 spiro atoms.